The Morgan fingerprint density at radius 2 is 1.81 bits per heavy atom. The molecule has 0 aliphatic carbocycles. The number of benzene rings is 2. The van der Waals surface area contributed by atoms with Crippen molar-refractivity contribution in [2.45, 2.75) is 18.5 Å². The molecule has 1 aliphatic rings. The number of methoxy groups -OCH3 is 1. The van der Waals surface area contributed by atoms with Crippen molar-refractivity contribution in [2.24, 2.45) is 0 Å². The number of nitrogens with one attached hydrogen (secondary N) is 2. The lowest BCUT2D eigenvalue weighted by Crippen LogP contribution is -2.32. The minimum atomic E-state index is -0.352. The lowest BCUT2D eigenvalue weighted by molar-refractivity contribution is 0.0600. The number of nitrogens with zero attached hydrogens (tertiary/aromatic N) is 3. The van der Waals surface area contributed by atoms with Crippen LogP contribution in [0.5, 0.6) is 0 Å². The number of esters is 1. The largest absolute Gasteiger partial charge is 0.465 e. The van der Waals surface area contributed by atoms with Gasteiger partial charge in [-0.15, -0.1) is 0 Å². The van der Waals surface area contributed by atoms with Crippen molar-refractivity contribution in [1.29, 1.82) is 0 Å². The van der Waals surface area contributed by atoms with E-state index in [0.717, 1.165) is 42.3 Å². The lowest BCUT2D eigenvalue weighted by atomic mass is 10.0. The normalized spacial score (nSPS) is 16.9. The minimum Gasteiger partial charge on any atom is -0.465 e. The number of aromatic nitrogens is 2. The molecular weight excluding hydrogens is 482 g/mol. The van der Waals surface area contributed by atoms with Crippen molar-refractivity contribution in [3.05, 3.63) is 114 Å². The van der Waals surface area contributed by atoms with E-state index in [1.54, 1.807) is 12.1 Å². The van der Waals surface area contributed by atoms with E-state index in [1.807, 2.05) is 67.0 Å². The van der Waals surface area contributed by atoms with Gasteiger partial charge >= 0.3 is 5.97 Å². The number of thiocarbonyl (C=S) groups is 1. The summed E-state index contributed by atoms with van der Waals surface area (Å²) < 4.78 is 6.99. The standard InChI is InChI=1S/C29H29N5O2S/c1-36-28(35)21-13-15-23(16-14-21)33-19-7-12-25(33)27-26(24-11-5-6-17-31-24)32-29(37)34(27)20-8-18-30-22-9-3-2-4-10-22/h2-7,9-17,19,26-27,30H,8,18,20H2,1H3,(H,32,37). The lowest BCUT2D eigenvalue weighted by Gasteiger charge is -2.29. The van der Waals surface area contributed by atoms with Gasteiger partial charge in [-0.25, -0.2) is 4.79 Å². The van der Waals surface area contributed by atoms with Crippen molar-refractivity contribution < 1.29 is 9.53 Å². The van der Waals surface area contributed by atoms with Crippen molar-refractivity contribution in [1.82, 2.24) is 19.8 Å². The molecule has 0 spiro atoms. The number of carbonyl (C=O) groups excluding carboxylic acids is 1. The molecule has 0 radical (unpaired) electrons. The van der Waals surface area contributed by atoms with Crippen LogP contribution in [0.4, 0.5) is 5.69 Å². The summed E-state index contributed by atoms with van der Waals surface area (Å²) >= 11 is 5.84. The average Bonchev–Trinajstić information content (AvgIpc) is 3.56. The number of para-hydroxylation sites is 1. The maximum Gasteiger partial charge on any atom is 0.337 e. The van der Waals surface area contributed by atoms with Gasteiger partial charge < -0.3 is 24.8 Å². The molecule has 1 saturated heterocycles. The molecule has 7 nitrogen and oxygen atoms in total. The summed E-state index contributed by atoms with van der Waals surface area (Å²) in [5, 5.41) is 7.73. The highest BCUT2D eigenvalue weighted by Gasteiger charge is 2.40. The summed E-state index contributed by atoms with van der Waals surface area (Å²) in [6, 6.07) is 27.6. The second kappa shape index (κ2) is 11.3. The molecule has 37 heavy (non-hydrogen) atoms. The van der Waals surface area contributed by atoms with Gasteiger partial charge in [0.05, 0.1) is 30.5 Å². The first-order valence-electron chi connectivity index (χ1n) is 12.3. The topological polar surface area (TPSA) is 71.4 Å². The predicted molar refractivity (Wildman–Crippen MR) is 149 cm³/mol. The Labute approximate surface area is 222 Å². The van der Waals surface area contributed by atoms with Crippen molar-refractivity contribution >= 4 is 29.0 Å². The van der Waals surface area contributed by atoms with Crippen molar-refractivity contribution in [3.63, 3.8) is 0 Å². The molecule has 4 aromatic rings. The van der Waals surface area contributed by atoms with E-state index in [1.165, 1.54) is 7.11 Å². The average molecular weight is 512 g/mol. The van der Waals surface area contributed by atoms with Crippen LogP contribution in [-0.4, -0.2) is 45.7 Å². The Kier molecular flexibility index (Phi) is 7.46. The summed E-state index contributed by atoms with van der Waals surface area (Å²) in [6.07, 6.45) is 4.76. The number of carbonyl (C=O) groups is 1. The fourth-order valence-electron chi connectivity index (χ4n) is 4.75. The van der Waals surface area contributed by atoms with Crippen LogP contribution < -0.4 is 10.6 Å². The number of anilines is 1. The third-order valence-electron chi connectivity index (χ3n) is 6.53. The van der Waals surface area contributed by atoms with Crippen molar-refractivity contribution in [3.8, 4) is 5.69 Å². The van der Waals surface area contributed by atoms with Gasteiger partial charge in [0.15, 0.2) is 5.11 Å². The molecule has 0 saturated carbocycles. The van der Waals surface area contributed by atoms with Crippen LogP contribution in [0.25, 0.3) is 5.69 Å². The molecule has 3 heterocycles. The Morgan fingerprint density at radius 1 is 1.03 bits per heavy atom. The van der Waals surface area contributed by atoms with Crippen LogP contribution in [0.2, 0.25) is 0 Å². The third kappa shape index (κ3) is 5.34. The van der Waals surface area contributed by atoms with Crippen LogP contribution in [0, 0.1) is 0 Å². The first-order chi connectivity index (χ1) is 18.2. The molecule has 2 aromatic carbocycles. The highest BCUT2D eigenvalue weighted by atomic mass is 32.1. The third-order valence-corrected chi connectivity index (χ3v) is 6.88. The zero-order valence-corrected chi connectivity index (χ0v) is 21.4. The number of rotatable bonds is 9. The second-order valence-corrected chi connectivity index (χ2v) is 9.19. The van der Waals surface area contributed by atoms with Gasteiger partial charge in [0.2, 0.25) is 0 Å². The van der Waals surface area contributed by atoms with Crippen molar-refractivity contribution in [2.75, 3.05) is 25.5 Å². The summed E-state index contributed by atoms with van der Waals surface area (Å²) in [6.45, 7) is 1.62. The first kappa shape index (κ1) is 24.5. The van der Waals surface area contributed by atoms with Gasteiger partial charge in [-0.3, -0.25) is 4.98 Å². The van der Waals surface area contributed by atoms with E-state index >= 15 is 0 Å². The highest BCUT2D eigenvalue weighted by Crippen LogP contribution is 2.39. The molecule has 2 atom stereocenters. The quantitative estimate of drug-likeness (QED) is 0.183. The number of hydrogen-bond acceptors (Lipinski definition) is 5. The Morgan fingerprint density at radius 3 is 2.54 bits per heavy atom. The molecule has 8 heteroatoms. The van der Waals surface area contributed by atoms with Gasteiger partial charge in [0.1, 0.15) is 0 Å². The van der Waals surface area contributed by atoms with Gasteiger partial charge in [-0.1, -0.05) is 24.3 Å². The smallest absolute Gasteiger partial charge is 0.337 e. The fraction of sp³-hybridized carbons (Fsp3) is 0.207. The molecule has 1 aliphatic heterocycles. The molecule has 2 unspecified atom stereocenters. The molecule has 2 aromatic heterocycles. The monoisotopic (exact) mass is 511 g/mol. The maximum atomic E-state index is 11.9. The zero-order chi connectivity index (χ0) is 25.6. The Hall–Kier alpha value is -4.17. The molecule has 2 N–H and O–H groups in total. The molecule has 0 amide bonds. The molecule has 188 valence electrons. The van der Waals surface area contributed by atoms with E-state index in [9.17, 15) is 4.79 Å². The summed E-state index contributed by atoms with van der Waals surface area (Å²) in [5.41, 5.74) is 4.61. The van der Waals surface area contributed by atoms with Gasteiger partial charge in [-0.2, -0.15) is 0 Å². The zero-order valence-electron chi connectivity index (χ0n) is 20.6. The van der Waals surface area contributed by atoms with Crippen LogP contribution in [-0.2, 0) is 4.74 Å². The van der Waals surface area contributed by atoms with E-state index < -0.39 is 0 Å². The molecular formula is C29H29N5O2S. The van der Waals surface area contributed by atoms with E-state index in [0.29, 0.717) is 10.7 Å². The molecule has 5 rings (SSSR count). The number of hydrogen-bond donors (Lipinski definition) is 2. The highest BCUT2D eigenvalue weighted by molar-refractivity contribution is 7.80. The van der Waals surface area contributed by atoms with Crippen LogP contribution in [0.3, 0.4) is 0 Å². The molecule has 0 bridgehead atoms. The SMILES string of the molecule is COC(=O)c1ccc(-n2cccc2C2C(c3ccccn3)NC(=S)N2CCCNc2ccccc2)cc1. The van der Waals surface area contributed by atoms with Gasteiger partial charge in [0.25, 0.3) is 0 Å². The molecule has 1 fully saturated rings. The number of pyridine rings is 1. The first-order valence-corrected chi connectivity index (χ1v) is 12.7. The Balaban J connectivity index is 1.42. The number of ether oxygens (including phenoxy) is 1. The van der Waals surface area contributed by atoms with Gasteiger partial charge in [0, 0.05) is 42.6 Å². The maximum absolute atomic E-state index is 11.9. The van der Waals surface area contributed by atoms with E-state index in [4.69, 9.17) is 17.0 Å². The Bertz CT molecular complexity index is 1340. The van der Waals surface area contributed by atoms with Crippen LogP contribution in [0.1, 0.15) is 40.3 Å². The summed E-state index contributed by atoms with van der Waals surface area (Å²) in [5.74, 6) is -0.352. The van der Waals surface area contributed by atoms with Crippen LogP contribution >= 0.6 is 12.2 Å². The summed E-state index contributed by atoms with van der Waals surface area (Å²) in [4.78, 5) is 18.8. The predicted octanol–water partition coefficient (Wildman–Crippen LogP) is 5.13. The van der Waals surface area contributed by atoms with Crippen LogP contribution in [0.15, 0.2) is 97.3 Å². The van der Waals surface area contributed by atoms with Gasteiger partial charge in [-0.05, 0) is 79.3 Å². The second-order valence-electron chi connectivity index (χ2n) is 8.81. The van der Waals surface area contributed by atoms with E-state index in [-0.39, 0.29) is 18.1 Å². The minimum absolute atomic E-state index is 0.0607. The van der Waals surface area contributed by atoms with E-state index in [2.05, 4.69) is 43.3 Å². The fourth-order valence-corrected chi connectivity index (χ4v) is 5.08. The summed E-state index contributed by atoms with van der Waals surface area (Å²) in [7, 11) is 1.39.